The van der Waals surface area contributed by atoms with Crippen molar-refractivity contribution in [2.45, 2.75) is 36.9 Å². The van der Waals surface area contributed by atoms with E-state index in [-0.39, 0.29) is 19.4 Å². The zero-order valence-corrected chi connectivity index (χ0v) is 11.9. The molecule has 7 heteroatoms. The number of alkyl halides is 2. The van der Waals surface area contributed by atoms with Gasteiger partial charge >= 0.3 is 5.92 Å². The van der Waals surface area contributed by atoms with Gasteiger partial charge in [0.15, 0.2) is 0 Å². The van der Waals surface area contributed by atoms with E-state index < -0.39 is 23.5 Å². The summed E-state index contributed by atoms with van der Waals surface area (Å²) < 4.78 is 27.6. The zero-order valence-electron chi connectivity index (χ0n) is 11.2. The van der Waals surface area contributed by atoms with Crippen LogP contribution in [0.2, 0.25) is 5.02 Å². The maximum absolute atomic E-state index is 13.8. The number of rotatable bonds is 5. The van der Waals surface area contributed by atoms with Gasteiger partial charge in [-0.1, -0.05) is 23.7 Å². The Hall–Kier alpha value is -1.24. The van der Waals surface area contributed by atoms with Gasteiger partial charge in [0, 0.05) is 11.6 Å². The first-order valence-corrected chi connectivity index (χ1v) is 6.96. The Labute approximate surface area is 125 Å². The van der Waals surface area contributed by atoms with E-state index in [9.17, 15) is 23.8 Å². The third kappa shape index (κ3) is 3.17. The molecule has 21 heavy (non-hydrogen) atoms. The Bertz CT molecular complexity index is 517. The van der Waals surface area contributed by atoms with Crippen molar-refractivity contribution in [3.63, 3.8) is 0 Å². The van der Waals surface area contributed by atoms with Crippen LogP contribution in [0.5, 0.6) is 0 Å². The van der Waals surface area contributed by atoms with E-state index >= 15 is 0 Å². The molecule has 0 aromatic heterocycles. The lowest BCUT2D eigenvalue weighted by molar-refractivity contribution is -0.216. The van der Waals surface area contributed by atoms with Gasteiger partial charge in [0.05, 0.1) is 6.10 Å². The number of carbonyl (C=O) groups excluding carboxylic acids is 1. The lowest BCUT2D eigenvalue weighted by Crippen LogP contribution is -2.60. The fraction of sp³-hybridized carbons (Fsp3) is 0.500. The summed E-state index contributed by atoms with van der Waals surface area (Å²) in [7, 11) is 0. The van der Waals surface area contributed by atoms with Crippen LogP contribution in [0.3, 0.4) is 0 Å². The summed E-state index contributed by atoms with van der Waals surface area (Å²) in [6, 6.07) is 6.18. The van der Waals surface area contributed by atoms with Crippen molar-refractivity contribution in [1.29, 1.82) is 0 Å². The number of hydrogen-bond donors (Lipinski definition) is 3. The number of benzene rings is 1. The second-order valence-corrected chi connectivity index (χ2v) is 5.67. The SMILES string of the molecule is O=C(NCC(O)c1ccc(Cl)cc1)C(F)(F)C1(O)CCC1. The molecular weight excluding hydrogens is 304 g/mol. The summed E-state index contributed by atoms with van der Waals surface area (Å²) in [6.07, 6.45) is -0.870. The van der Waals surface area contributed by atoms with E-state index in [0.29, 0.717) is 17.0 Å². The molecule has 1 aromatic carbocycles. The second kappa shape index (κ2) is 5.87. The summed E-state index contributed by atoms with van der Waals surface area (Å²) in [5, 5.41) is 21.9. The van der Waals surface area contributed by atoms with Gasteiger partial charge in [0.2, 0.25) is 0 Å². The fourth-order valence-corrected chi connectivity index (χ4v) is 2.27. The van der Waals surface area contributed by atoms with E-state index in [2.05, 4.69) is 0 Å². The van der Waals surface area contributed by atoms with Crippen molar-refractivity contribution in [2.75, 3.05) is 6.54 Å². The van der Waals surface area contributed by atoms with Gasteiger partial charge in [0.1, 0.15) is 5.60 Å². The minimum Gasteiger partial charge on any atom is -0.387 e. The van der Waals surface area contributed by atoms with Crippen molar-refractivity contribution in [1.82, 2.24) is 5.32 Å². The third-order valence-corrected chi connectivity index (χ3v) is 4.01. The highest BCUT2D eigenvalue weighted by Gasteiger charge is 2.61. The average molecular weight is 320 g/mol. The summed E-state index contributed by atoms with van der Waals surface area (Å²) in [5.41, 5.74) is -1.81. The molecule has 0 heterocycles. The van der Waals surface area contributed by atoms with Gasteiger partial charge in [-0.25, -0.2) is 0 Å². The molecular formula is C14H16ClF2NO3. The molecule has 1 amide bonds. The van der Waals surface area contributed by atoms with Crippen molar-refractivity contribution in [3.8, 4) is 0 Å². The van der Waals surface area contributed by atoms with E-state index in [4.69, 9.17) is 11.6 Å². The Kier molecular flexibility index (Phi) is 4.51. The van der Waals surface area contributed by atoms with Gasteiger partial charge in [-0.05, 0) is 37.0 Å². The highest BCUT2D eigenvalue weighted by atomic mass is 35.5. The van der Waals surface area contributed by atoms with Crippen molar-refractivity contribution in [3.05, 3.63) is 34.9 Å². The number of nitrogens with one attached hydrogen (secondary N) is 1. The van der Waals surface area contributed by atoms with Crippen LogP contribution in [0.25, 0.3) is 0 Å². The predicted octanol–water partition coefficient (Wildman–Crippen LogP) is 2.04. The number of aliphatic hydroxyl groups is 2. The molecule has 0 bridgehead atoms. The molecule has 3 N–H and O–H groups in total. The molecule has 2 rings (SSSR count). The van der Waals surface area contributed by atoms with Crippen LogP contribution < -0.4 is 5.32 Å². The van der Waals surface area contributed by atoms with E-state index in [1.165, 1.54) is 12.1 Å². The molecule has 116 valence electrons. The largest absolute Gasteiger partial charge is 0.387 e. The zero-order chi connectivity index (χ0) is 15.7. The fourth-order valence-electron chi connectivity index (χ4n) is 2.14. The van der Waals surface area contributed by atoms with Crippen LogP contribution in [0.4, 0.5) is 8.78 Å². The molecule has 1 saturated carbocycles. The lowest BCUT2D eigenvalue weighted by Gasteiger charge is -2.41. The smallest absolute Gasteiger partial charge is 0.352 e. The van der Waals surface area contributed by atoms with Crippen LogP contribution in [0.15, 0.2) is 24.3 Å². The van der Waals surface area contributed by atoms with Crippen molar-refractivity contribution in [2.24, 2.45) is 0 Å². The Balaban J connectivity index is 1.93. The minimum atomic E-state index is -3.86. The number of halogens is 3. The minimum absolute atomic E-state index is 0.104. The molecule has 4 nitrogen and oxygen atoms in total. The molecule has 0 aliphatic heterocycles. The topological polar surface area (TPSA) is 69.6 Å². The Morgan fingerprint density at radius 2 is 1.95 bits per heavy atom. The van der Waals surface area contributed by atoms with E-state index in [1.807, 2.05) is 5.32 Å². The molecule has 0 radical (unpaired) electrons. The summed E-state index contributed by atoms with van der Waals surface area (Å²) in [4.78, 5) is 11.5. The van der Waals surface area contributed by atoms with Gasteiger partial charge in [-0.3, -0.25) is 4.79 Å². The Morgan fingerprint density at radius 3 is 2.43 bits per heavy atom. The quantitative estimate of drug-likeness (QED) is 0.778. The van der Waals surface area contributed by atoms with Crippen LogP contribution in [0.1, 0.15) is 30.9 Å². The first-order chi connectivity index (χ1) is 9.76. The first kappa shape index (κ1) is 16.1. The average Bonchev–Trinajstić information content (AvgIpc) is 2.42. The molecule has 1 fully saturated rings. The van der Waals surface area contributed by atoms with Crippen LogP contribution in [-0.2, 0) is 4.79 Å². The maximum Gasteiger partial charge on any atom is 0.352 e. The second-order valence-electron chi connectivity index (χ2n) is 5.24. The molecule has 1 aliphatic rings. The summed E-state index contributed by atoms with van der Waals surface area (Å²) in [6.45, 7) is -0.369. The van der Waals surface area contributed by atoms with Crippen LogP contribution in [0, 0.1) is 0 Å². The molecule has 1 aliphatic carbocycles. The normalized spacial score (nSPS) is 18.7. The van der Waals surface area contributed by atoms with Gasteiger partial charge in [-0.15, -0.1) is 0 Å². The predicted molar refractivity (Wildman–Crippen MR) is 73.2 cm³/mol. The Morgan fingerprint density at radius 1 is 1.38 bits per heavy atom. The summed E-state index contributed by atoms with van der Waals surface area (Å²) >= 11 is 5.70. The highest BCUT2D eigenvalue weighted by molar-refractivity contribution is 6.30. The van der Waals surface area contributed by atoms with E-state index in [1.54, 1.807) is 12.1 Å². The molecule has 1 aromatic rings. The number of aliphatic hydroxyl groups excluding tert-OH is 1. The van der Waals surface area contributed by atoms with Crippen LogP contribution >= 0.6 is 11.6 Å². The lowest BCUT2D eigenvalue weighted by atomic mass is 9.75. The summed E-state index contributed by atoms with van der Waals surface area (Å²) in [5.74, 6) is -5.43. The van der Waals surface area contributed by atoms with Crippen LogP contribution in [-0.4, -0.2) is 34.2 Å². The molecule has 1 unspecified atom stereocenters. The number of amides is 1. The molecule has 0 spiro atoms. The number of carbonyl (C=O) groups is 1. The van der Waals surface area contributed by atoms with Gasteiger partial charge in [0.25, 0.3) is 5.91 Å². The van der Waals surface area contributed by atoms with E-state index in [0.717, 1.165) is 0 Å². The van der Waals surface area contributed by atoms with Gasteiger partial charge < -0.3 is 15.5 Å². The molecule has 1 atom stereocenters. The van der Waals surface area contributed by atoms with Crippen molar-refractivity contribution < 1.29 is 23.8 Å². The standard InChI is InChI=1S/C14H16ClF2NO3/c15-10-4-2-9(3-5-10)11(19)8-18-12(20)14(16,17)13(21)6-1-7-13/h2-5,11,19,21H,1,6-8H2,(H,18,20). The monoisotopic (exact) mass is 319 g/mol. The maximum atomic E-state index is 13.8. The van der Waals surface area contributed by atoms with Crippen molar-refractivity contribution >= 4 is 17.5 Å². The first-order valence-electron chi connectivity index (χ1n) is 6.58. The number of hydrogen-bond acceptors (Lipinski definition) is 3. The third-order valence-electron chi connectivity index (χ3n) is 3.76. The highest BCUT2D eigenvalue weighted by Crippen LogP contribution is 2.44. The van der Waals surface area contributed by atoms with Gasteiger partial charge in [-0.2, -0.15) is 8.78 Å². The molecule has 0 saturated heterocycles.